The Hall–Kier alpha value is -3.46. The molecule has 9 heteroatoms. The van der Waals surface area contributed by atoms with E-state index in [1.165, 1.54) is 12.1 Å². The number of anilines is 2. The van der Waals surface area contributed by atoms with Crippen LogP contribution in [0.15, 0.2) is 66.7 Å². The summed E-state index contributed by atoms with van der Waals surface area (Å²) >= 11 is 6.20. The van der Waals surface area contributed by atoms with E-state index in [-0.39, 0.29) is 17.6 Å². The molecule has 0 unspecified atom stereocenters. The lowest BCUT2D eigenvalue weighted by molar-refractivity contribution is 0.0303. The number of amides is 2. The van der Waals surface area contributed by atoms with Crippen molar-refractivity contribution in [3.8, 4) is 0 Å². The Morgan fingerprint density at radius 3 is 2.29 bits per heavy atom. The van der Waals surface area contributed by atoms with Gasteiger partial charge in [0.25, 0.3) is 11.8 Å². The van der Waals surface area contributed by atoms with Crippen molar-refractivity contribution in [3.63, 3.8) is 0 Å². The second kappa shape index (κ2) is 11.9. The lowest BCUT2D eigenvalue weighted by atomic mass is 10.1. The number of morpholine rings is 1. The maximum Gasteiger partial charge on any atom is 0.257 e. The van der Waals surface area contributed by atoms with E-state index < -0.39 is 0 Å². The molecule has 7 nitrogen and oxygen atoms in total. The van der Waals surface area contributed by atoms with Crippen LogP contribution in [0.2, 0.25) is 5.02 Å². The van der Waals surface area contributed by atoms with Gasteiger partial charge in [0, 0.05) is 57.2 Å². The zero-order valence-electron chi connectivity index (χ0n) is 21.0. The average Bonchev–Trinajstić information content (AvgIpc) is 2.95. The minimum Gasteiger partial charge on any atom is -0.378 e. The zero-order valence-corrected chi connectivity index (χ0v) is 21.8. The topological polar surface area (TPSA) is 65.1 Å². The molecule has 2 amide bonds. The molecule has 1 N–H and O–H groups in total. The van der Waals surface area contributed by atoms with Gasteiger partial charge in [-0.25, -0.2) is 4.39 Å². The first-order chi connectivity index (χ1) is 18.5. The molecule has 0 radical (unpaired) electrons. The van der Waals surface area contributed by atoms with Gasteiger partial charge >= 0.3 is 0 Å². The van der Waals surface area contributed by atoms with Crippen molar-refractivity contribution < 1.29 is 18.7 Å². The Morgan fingerprint density at radius 2 is 1.58 bits per heavy atom. The average molecular weight is 537 g/mol. The van der Waals surface area contributed by atoms with Crippen LogP contribution in [-0.4, -0.2) is 74.1 Å². The number of hydrogen-bond acceptors (Lipinski definition) is 5. The molecule has 0 saturated carbocycles. The standard InChI is InChI=1S/C29H30ClFN4O3/c30-26-4-2-1-3-24(26)28(36)32-23-9-10-27(25(19-23)29(37)35-15-17-38-18-16-35)34-13-11-33(12-14-34)20-21-5-7-22(31)8-6-21/h1-10,19H,11-18,20H2,(H,32,36). The van der Waals surface area contributed by atoms with Crippen LogP contribution in [-0.2, 0) is 11.3 Å². The van der Waals surface area contributed by atoms with Gasteiger partial charge < -0.3 is 19.9 Å². The number of ether oxygens (including phenoxy) is 1. The fourth-order valence-corrected chi connectivity index (χ4v) is 5.06. The highest BCUT2D eigenvalue weighted by Crippen LogP contribution is 2.28. The number of rotatable bonds is 6. The molecule has 2 aliphatic rings. The van der Waals surface area contributed by atoms with Crippen LogP contribution in [0.3, 0.4) is 0 Å². The van der Waals surface area contributed by atoms with Crippen LogP contribution in [0.1, 0.15) is 26.3 Å². The van der Waals surface area contributed by atoms with Crippen molar-refractivity contribution >= 4 is 34.8 Å². The molecule has 0 aromatic heterocycles. The number of nitrogens with zero attached hydrogens (tertiary/aromatic N) is 3. The van der Waals surface area contributed by atoms with E-state index in [1.54, 1.807) is 35.2 Å². The summed E-state index contributed by atoms with van der Waals surface area (Å²) < 4.78 is 18.7. The van der Waals surface area contributed by atoms with Gasteiger partial charge in [-0.15, -0.1) is 0 Å². The molecule has 3 aromatic carbocycles. The first-order valence-electron chi connectivity index (χ1n) is 12.8. The Bertz CT molecular complexity index is 1290. The number of hydrogen-bond donors (Lipinski definition) is 1. The molecule has 2 fully saturated rings. The lowest BCUT2D eigenvalue weighted by Crippen LogP contribution is -2.47. The van der Waals surface area contributed by atoms with Crippen LogP contribution >= 0.6 is 11.6 Å². The van der Waals surface area contributed by atoms with Gasteiger partial charge in [0.2, 0.25) is 0 Å². The van der Waals surface area contributed by atoms with Crippen molar-refractivity contribution in [2.75, 3.05) is 62.7 Å². The molecule has 198 valence electrons. The summed E-state index contributed by atoms with van der Waals surface area (Å²) in [7, 11) is 0. The predicted octanol–water partition coefficient (Wildman–Crippen LogP) is 4.53. The summed E-state index contributed by atoms with van der Waals surface area (Å²) in [5, 5.41) is 3.26. The molecule has 0 atom stereocenters. The molecule has 2 heterocycles. The summed E-state index contributed by atoms with van der Waals surface area (Å²) in [6, 6.07) is 19.0. The SMILES string of the molecule is O=C(Nc1ccc(N2CCN(Cc3ccc(F)cc3)CC2)c(C(=O)N2CCOCC2)c1)c1ccccc1Cl. The minimum atomic E-state index is -0.331. The van der Waals surface area contributed by atoms with Gasteiger partial charge in [-0.2, -0.15) is 0 Å². The van der Waals surface area contributed by atoms with E-state index in [2.05, 4.69) is 15.1 Å². The highest BCUT2D eigenvalue weighted by Gasteiger charge is 2.26. The van der Waals surface area contributed by atoms with E-state index in [0.29, 0.717) is 48.1 Å². The van der Waals surface area contributed by atoms with Gasteiger partial charge in [0.15, 0.2) is 0 Å². The molecule has 2 aliphatic heterocycles. The highest BCUT2D eigenvalue weighted by molar-refractivity contribution is 6.34. The smallest absolute Gasteiger partial charge is 0.257 e. The molecule has 3 aromatic rings. The van der Waals surface area contributed by atoms with Gasteiger partial charge in [0.1, 0.15) is 5.82 Å². The van der Waals surface area contributed by atoms with Crippen LogP contribution < -0.4 is 10.2 Å². The number of carbonyl (C=O) groups is 2. The fraction of sp³-hybridized carbons (Fsp3) is 0.310. The highest BCUT2D eigenvalue weighted by atomic mass is 35.5. The number of piperazine rings is 1. The predicted molar refractivity (Wildman–Crippen MR) is 146 cm³/mol. The second-order valence-corrected chi connectivity index (χ2v) is 9.87. The van der Waals surface area contributed by atoms with Gasteiger partial charge in [-0.05, 0) is 48.0 Å². The summed E-state index contributed by atoms with van der Waals surface area (Å²) in [6.07, 6.45) is 0. The Balaban J connectivity index is 1.34. The first kappa shape index (κ1) is 26.2. The van der Waals surface area contributed by atoms with E-state index in [4.69, 9.17) is 16.3 Å². The summed E-state index contributed by atoms with van der Waals surface area (Å²) in [6.45, 7) is 5.94. The second-order valence-electron chi connectivity index (χ2n) is 9.46. The third-order valence-electron chi connectivity index (χ3n) is 6.93. The summed E-state index contributed by atoms with van der Waals surface area (Å²) in [5.41, 5.74) is 3.37. The maximum absolute atomic E-state index is 13.6. The first-order valence-corrected chi connectivity index (χ1v) is 13.1. The van der Waals surface area contributed by atoms with E-state index in [1.807, 2.05) is 24.3 Å². The maximum atomic E-state index is 13.6. The number of benzene rings is 3. The van der Waals surface area contributed by atoms with Crippen LogP contribution in [0.4, 0.5) is 15.8 Å². The molecular formula is C29H30ClFN4O3. The van der Waals surface area contributed by atoms with Crippen molar-refractivity contribution in [2.45, 2.75) is 6.54 Å². The minimum absolute atomic E-state index is 0.0779. The van der Waals surface area contributed by atoms with E-state index in [9.17, 15) is 14.0 Å². The Labute approximate surface area is 226 Å². The van der Waals surface area contributed by atoms with Crippen LogP contribution in [0.5, 0.6) is 0 Å². The lowest BCUT2D eigenvalue weighted by Gasteiger charge is -2.37. The van der Waals surface area contributed by atoms with Gasteiger partial charge in [-0.1, -0.05) is 35.9 Å². The summed E-state index contributed by atoms with van der Waals surface area (Å²) in [4.78, 5) is 32.8. The van der Waals surface area contributed by atoms with Crippen molar-refractivity contribution in [1.82, 2.24) is 9.80 Å². The molecule has 2 saturated heterocycles. The Kier molecular flexibility index (Phi) is 8.22. The van der Waals surface area contributed by atoms with Crippen LogP contribution in [0, 0.1) is 5.82 Å². The number of halogens is 2. The molecule has 0 bridgehead atoms. The van der Waals surface area contributed by atoms with Gasteiger partial charge in [0.05, 0.1) is 29.4 Å². The van der Waals surface area contributed by atoms with Crippen molar-refractivity contribution in [2.24, 2.45) is 0 Å². The van der Waals surface area contributed by atoms with Crippen LogP contribution in [0.25, 0.3) is 0 Å². The number of nitrogens with one attached hydrogen (secondary N) is 1. The molecule has 5 rings (SSSR count). The molecule has 0 spiro atoms. The molecule has 38 heavy (non-hydrogen) atoms. The third kappa shape index (κ3) is 6.15. The van der Waals surface area contributed by atoms with E-state index >= 15 is 0 Å². The van der Waals surface area contributed by atoms with E-state index in [0.717, 1.165) is 44.0 Å². The third-order valence-corrected chi connectivity index (χ3v) is 7.26. The monoisotopic (exact) mass is 536 g/mol. The normalized spacial score (nSPS) is 16.4. The molecular weight excluding hydrogens is 507 g/mol. The largest absolute Gasteiger partial charge is 0.378 e. The quantitative estimate of drug-likeness (QED) is 0.501. The van der Waals surface area contributed by atoms with Gasteiger partial charge in [-0.3, -0.25) is 14.5 Å². The Morgan fingerprint density at radius 1 is 0.868 bits per heavy atom. The zero-order chi connectivity index (χ0) is 26.5. The number of carbonyl (C=O) groups excluding carboxylic acids is 2. The fourth-order valence-electron chi connectivity index (χ4n) is 4.84. The van der Waals surface area contributed by atoms with Crippen molar-refractivity contribution in [3.05, 3.63) is 94.3 Å². The summed E-state index contributed by atoms with van der Waals surface area (Å²) in [5.74, 6) is -0.643. The van der Waals surface area contributed by atoms with Crippen molar-refractivity contribution in [1.29, 1.82) is 0 Å². The molecule has 0 aliphatic carbocycles.